The summed E-state index contributed by atoms with van der Waals surface area (Å²) >= 11 is 1.50. The molecule has 0 N–H and O–H groups in total. The predicted octanol–water partition coefficient (Wildman–Crippen LogP) is 2.66. The van der Waals surface area contributed by atoms with Gasteiger partial charge >= 0.3 is 5.97 Å². The molecule has 2 rings (SSSR count). The number of hydrogen-bond acceptors (Lipinski definition) is 5. The van der Waals surface area contributed by atoms with Crippen LogP contribution >= 0.6 is 12.0 Å². The Morgan fingerprint density at radius 2 is 2.24 bits per heavy atom. The monoisotopic (exact) mass is 260 g/mol. The summed E-state index contributed by atoms with van der Waals surface area (Å²) in [6, 6.07) is 0. The molecule has 0 aliphatic carbocycles. The molecule has 2 saturated heterocycles. The van der Waals surface area contributed by atoms with Crippen molar-refractivity contribution in [1.82, 2.24) is 0 Å². The van der Waals surface area contributed by atoms with Crippen molar-refractivity contribution >= 4 is 18.0 Å². The van der Waals surface area contributed by atoms with E-state index in [0.717, 1.165) is 44.5 Å². The first-order valence-corrected chi connectivity index (χ1v) is 7.35. The highest BCUT2D eigenvalue weighted by Gasteiger charge is 2.27. The first kappa shape index (κ1) is 13.2. The lowest BCUT2D eigenvalue weighted by Crippen LogP contribution is -2.32. The second-order valence-electron chi connectivity index (χ2n) is 4.53. The smallest absolute Gasteiger partial charge is 0.309 e. The molecule has 2 atom stereocenters. The lowest BCUT2D eigenvalue weighted by Gasteiger charge is -2.25. The van der Waals surface area contributed by atoms with Gasteiger partial charge in [-0.15, -0.1) is 0 Å². The molecule has 5 heteroatoms. The summed E-state index contributed by atoms with van der Waals surface area (Å²) in [5.41, 5.74) is 0. The van der Waals surface area contributed by atoms with E-state index in [9.17, 15) is 4.79 Å². The van der Waals surface area contributed by atoms with Gasteiger partial charge in [0.15, 0.2) is 6.29 Å². The van der Waals surface area contributed by atoms with Crippen molar-refractivity contribution in [2.75, 3.05) is 12.4 Å². The van der Waals surface area contributed by atoms with Crippen molar-refractivity contribution in [3.05, 3.63) is 0 Å². The van der Waals surface area contributed by atoms with E-state index in [2.05, 4.69) is 0 Å². The third-order valence-electron chi connectivity index (χ3n) is 3.01. The van der Waals surface area contributed by atoms with Gasteiger partial charge in [0.2, 0.25) is 0 Å². The lowest BCUT2D eigenvalue weighted by molar-refractivity contribution is -0.169. The number of hydrogen-bond donors (Lipinski definition) is 0. The molecule has 0 amide bonds. The van der Waals surface area contributed by atoms with Gasteiger partial charge in [-0.05, 0) is 50.6 Å². The van der Waals surface area contributed by atoms with E-state index in [4.69, 9.17) is 13.7 Å². The molecular weight excluding hydrogens is 240 g/mol. The van der Waals surface area contributed by atoms with Crippen LogP contribution in [0.1, 0.15) is 44.9 Å². The van der Waals surface area contributed by atoms with E-state index in [1.165, 1.54) is 18.5 Å². The zero-order valence-corrected chi connectivity index (χ0v) is 10.9. The van der Waals surface area contributed by atoms with Crippen LogP contribution in [0.5, 0.6) is 0 Å². The Balaban J connectivity index is 1.37. The number of rotatable bonds is 7. The zero-order valence-electron chi connectivity index (χ0n) is 10.1. The Morgan fingerprint density at radius 1 is 1.35 bits per heavy atom. The van der Waals surface area contributed by atoms with E-state index < -0.39 is 0 Å². The van der Waals surface area contributed by atoms with Crippen LogP contribution in [0.15, 0.2) is 0 Å². The molecule has 0 saturated carbocycles. The number of carbonyl (C=O) groups excluding carboxylic acids is 1. The standard InChI is InChI=1S/C12H20O4S/c13-11-9-10(15-11)5-2-4-8-17-16-12-6-1-3-7-14-12/h10,12H,1-9H2/t10?,12-/m1/s1. The molecule has 0 aromatic rings. The molecule has 0 aromatic heterocycles. The quantitative estimate of drug-likeness (QED) is 0.400. The molecule has 4 nitrogen and oxygen atoms in total. The van der Waals surface area contributed by atoms with Gasteiger partial charge in [-0.1, -0.05) is 0 Å². The van der Waals surface area contributed by atoms with Crippen molar-refractivity contribution in [2.45, 2.75) is 57.3 Å². The molecule has 2 fully saturated rings. The molecule has 17 heavy (non-hydrogen) atoms. The van der Waals surface area contributed by atoms with Crippen molar-refractivity contribution in [3.8, 4) is 0 Å². The zero-order chi connectivity index (χ0) is 11.9. The fourth-order valence-electron chi connectivity index (χ4n) is 1.97. The summed E-state index contributed by atoms with van der Waals surface area (Å²) in [6.07, 6.45) is 7.38. The molecule has 2 heterocycles. The van der Waals surface area contributed by atoms with Gasteiger partial charge in [0.1, 0.15) is 6.10 Å². The normalized spacial score (nSPS) is 28.6. The summed E-state index contributed by atoms with van der Waals surface area (Å²) < 4.78 is 16.0. The number of carbonyl (C=O) groups is 1. The highest BCUT2D eigenvalue weighted by atomic mass is 32.2. The minimum absolute atomic E-state index is 0.00124. The van der Waals surface area contributed by atoms with Crippen molar-refractivity contribution in [1.29, 1.82) is 0 Å². The Labute approximate surface area is 107 Å². The van der Waals surface area contributed by atoms with E-state index in [1.807, 2.05) is 0 Å². The number of ether oxygens (including phenoxy) is 2. The van der Waals surface area contributed by atoms with Crippen LogP contribution in [-0.2, 0) is 18.5 Å². The number of cyclic esters (lactones) is 1. The molecule has 1 unspecified atom stereocenters. The minimum Gasteiger partial charge on any atom is -0.462 e. The lowest BCUT2D eigenvalue weighted by atomic mass is 10.1. The summed E-state index contributed by atoms with van der Waals surface area (Å²) in [7, 11) is 0. The Bertz CT molecular complexity index is 233. The summed E-state index contributed by atoms with van der Waals surface area (Å²) in [5.74, 6) is 0.933. The molecule has 2 aliphatic rings. The third kappa shape index (κ3) is 4.85. The second-order valence-corrected chi connectivity index (χ2v) is 5.36. The second kappa shape index (κ2) is 7.24. The molecule has 0 spiro atoms. The van der Waals surface area contributed by atoms with Crippen molar-refractivity contribution < 1.29 is 18.5 Å². The SMILES string of the molecule is O=C1CC(CCCCSO[C@@H]2CCCCO2)O1. The molecule has 0 aromatic carbocycles. The van der Waals surface area contributed by atoms with Gasteiger partial charge in [0.05, 0.1) is 6.42 Å². The Hall–Kier alpha value is -0.260. The van der Waals surface area contributed by atoms with Crippen LogP contribution in [0.4, 0.5) is 0 Å². The maximum absolute atomic E-state index is 10.6. The molecule has 2 aliphatic heterocycles. The molecule has 98 valence electrons. The van der Waals surface area contributed by atoms with Crippen LogP contribution in [0.2, 0.25) is 0 Å². The van der Waals surface area contributed by atoms with Gasteiger partial charge in [0, 0.05) is 12.4 Å². The first-order valence-electron chi connectivity index (χ1n) is 6.44. The molecule has 0 bridgehead atoms. The fourth-order valence-corrected chi connectivity index (χ4v) is 2.69. The summed E-state index contributed by atoms with van der Waals surface area (Å²) in [4.78, 5) is 10.6. The first-order chi connectivity index (χ1) is 8.34. The van der Waals surface area contributed by atoms with E-state index in [1.54, 1.807) is 0 Å². The van der Waals surface area contributed by atoms with Gasteiger partial charge in [0.25, 0.3) is 0 Å². The van der Waals surface area contributed by atoms with Crippen LogP contribution in [0.25, 0.3) is 0 Å². The largest absolute Gasteiger partial charge is 0.462 e. The van der Waals surface area contributed by atoms with Crippen LogP contribution in [0, 0.1) is 0 Å². The number of unbranched alkanes of at least 4 members (excludes halogenated alkanes) is 1. The average molecular weight is 260 g/mol. The Kier molecular flexibility index (Phi) is 5.61. The topological polar surface area (TPSA) is 44.8 Å². The van der Waals surface area contributed by atoms with E-state index in [0.29, 0.717) is 6.42 Å². The van der Waals surface area contributed by atoms with Crippen molar-refractivity contribution in [3.63, 3.8) is 0 Å². The highest BCUT2D eigenvalue weighted by Crippen LogP contribution is 2.22. The summed E-state index contributed by atoms with van der Waals surface area (Å²) in [5, 5.41) is 0. The maximum atomic E-state index is 10.6. The molecule has 0 radical (unpaired) electrons. The Morgan fingerprint density at radius 3 is 2.94 bits per heavy atom. The summed E-state index contributed by atoms with van der Waals surface area (Å²) in [6.45, 7) is 0.832. The number of esters is 1. The maximum Gasteiger partial charge on any atom is 0.309 e. The molecular formula is C12H20O4S. The van der Waals surface area contributed by atoms with E-state index in [-0.39, 0.29) is 18.4 Å². The van der Waals surface area contributed by atoms with Crippen molar-refractivity contribution in [2.24, 2.45) is 0 Å². The van der Waals surface area contributed by atoms with Crippen LogP contribution in [-0.4, -0.2) is 30.7 Å². The van der Waals surface area contributed by atoms with Gasteiger partial charge in [-0.3, -0.25) is 8.98 Å². The van der Waals surface area contributed by atoms with Crippen LogP contribution < -0.4 is 0 Å². The fraction of sp³-hybridized carbons (Fsp3) is 0.917. The average Bonchev–Trinajstić information content (AvgIpc) is 2.32. The minimum atomic E-state index is -0.0536. The van der Waals surface area contributed by atoms with Crippen LogP contribution in [0.3, 0.4) is 0 Å². The highest BCUT2D eigenvalue weighted by molar-refractivity contribution is 7.94. The third-order valence-corrected chi connectivity index (χ3v) is 3.82. The van der Waals surface area contributed by atoms with Gasteiger partial charge in [-0.2, -0.15) is 0 Å². The predicted molar refractivity (Wildman–Crippen MR) is 65.5 cm³/mol. The van der Waals surface area contributed by atoms with E-state index >= 15 is 0 Å². The van der Waals surface area contributed by atoms with Gasteiger partial charge in [-0.25, -0.2) is 0 Å². The van der Waals surface area contributed by atoms with Gasteiger partial charge < -0.3 is 9.47 Å².